The molecule has 1 fully saturated rings. The normalized spacial score (nSPS) is 19.9. The van der Waals surface area contributed by atoms with E-state index in [0.717, 1.165) is 5.92 Å². The van der Waals surface area contributed by atoms with Crippen molar-refractivity contribution in [2.24, 2.45) is 5.41 Å². The zero-order valence-corrected chi connectivity index (χ0v) is 10.4. The molecule has 1 aliphatic rings. The smallest absolute Gasteiger partial charge is 0.0105 e. The van der Waals surface area contributed by atoms with Crippen molar-refractivity contribution in [3.8, 4) is 0 Å². The third-order valence-electron chi connectivity index (χ3n) is 4.00. The van der Waals surface area contributed by atoms with Gasteiger partial charge in [0, 0.05) is 0 Å². The van der Waals surface area contributed by atoms with E-state index in [9.17, 15) is 0 Å². The van der Waals surface area contributed by atoms with Gasteiger partial charge >= 0.3 is 0 Å². The molecular weight excluding hydrogens is 192 g/mol. The van der Waals surface area contributed by atoms with Gasteiger partial charge in [-0.1, -0.05) is 49.4 Å². The van der Waals surface area contributed by atoms with Crippen molar-refractivity contribution in [2.75, 3.05) is 0 Å². The highest BCUT2D eigenvalue weighted by Crippen LogP contribution is 2.59. The average Bonchev–Trinajstić information content (AvgIpc) is 3.10. The maximum absolute atomic E-state index is 2.35. The Morgan fingerprint density at radius 2 is 1.94 bits per heavy atom. The molecule has 0 bridgehead atoms. The van der Waals surface area contributed by atoms with Crippen LogP contribution < -0.4 is 0 Å². The fraction of sp³-hybridized carbons (Fsp3) is 0.500. The lowest BCUT2D eigenvalue weighted by atomic mass is 9.79. The summed E-state index contributed by atoms with van der Waals surface area (Å²) >= 11 is 0. The summed E-state index contributed by atoms with van der Waals surface area (Å²) in [5.41, 5.74) is 2.12. The lowest BCUT2D eigenvalue weighted by molar-refractivity contribution is 0.393. The number of hydrogen-bond acceptors (Lipinski definition) is 0. The minimum atomic E-state index is 0.586. The SMILES string of the molecule is C/C=C\CC1(C(CC)c2ccccc2)CC1. The van der Waals surface area contributed by atoms with Crippen LogP contribution in [0.5, 0.6) is 0 Å². The van der Waals surface area contributed by atoms with Crippen LogP contribution in [0.25, 0.3) is 0 Å². The van der Waals surface area contributed by atoms with Crippen LogP contribution in [0.1, 0.15) is 51.0 Å². The number of rotatable bonds is 5. The lowest BCUT2D eigenvalue weighted by Crippen LogP contribution is -2.12. The van der Waals surface area contributed by atoms with Gasteiger partial charge in [-0.25, -0.2) is 0 Å². The molecule has 2 rings (SSSR count). The Hall–Kier alpha value is -1.04. The summed E-state index contributed by atoms with van der Waals surface area (Å²) in [4.78, 5) is 0. The lowest BCUT2D eigenvalue weighted by Gasteiger charge is -2.25. The monoisotopic (exact) mass is 214 g/mol. The molecule has 0 heterocycles. The summed E-state index contributed by atoms with van der Waals surface area (Å²) in [6, 6.07) is 11.0. The maximum Gasteiger partial charge on any atom is -0.0105 e. The molecule has 1 saturated carbocycles. The highest BCUT2D eigenvalue weighted by atomic mass is 14.5. The fourth-order valence-electron chi connectivity index (χ4n) is 2.92. The topological polar surface area (TPSA) is 0 Å². The van der Waals surface area contributed by atoms with Gasteiger partial charge in [-0.05, 0) is 49.5 Å². The van der Waals surface area contributed by atoms with Crippen LogP contribution in [0, 0.1) is 5.41 Å². The van der Waals surface area contributed by atoms with Crippen LogP contribution in [0.2, 0.25) is 0 Å². The number of benzene rings is 1. The van der Waals surface area contributed by atoms with Gasteiger partial charge in [-0.3, -0.25) is 0 Å². The van der Waals surface area contributed by atoms with Gasteiger partial charge < -0.3 is 0 Å². The first-order valence-electron chi connectivity index (χ1n) is 6.48. The Kier molecular flexibility index (Phi) is 3.48. The Labute approximate surface area is 99.4 Å². The summed E-state index contributed by atoms with van der Waals surface area (Å²) in [7, 11) is 0. The van der Waals surface area contributed by atoms with Gasteiger partial charge in [-0.2, -0.15) is 0 Å². The molecule has 1 aromatic carbocycles. The summed E-state index contributed by atoms with van der Waals surface area (Å²) in [5, 5.41) is 0. The standard InChI is InChI=1S/C16H22/c1-3-5-11-16(12-13-16)15(4-2)14-9-7-6-8-10-14/h3,5-10,15H,4,11-13H2,1-2H3/b5-3-. The molecule has 1 atom stereocenters. The van der Waals surface area contributed by atoms with E-state index in [2.05, 4.69) is 56.3 Å². The molecule has 0 saturated heterocycles. The highest BCUT2D eigenvalue weighted by Gasteiger charge is 2.47. The second kappa shape index (κ2) is 4.86. The average molecular weight is 214 g/mol. The van der Waals surface area contributed by atoms with Crippen molar-refractivity contribution < 1.29 is 0 Å². The van der Waals surface area contributed by atoms with E-state index >= 15 is 0 Å². The molecule has 0 amide bonds. The van der Waals surface area contributed by atoms with Crippen LogP contribution in [-0.4, -0.2) is 0 Å². The van der Waals surface area contributed by atoms with Gasteiger partial charge in [0.15, 0.2) is 0 Å². The van der Waals surface area contributed by atoms with Crippen molar-refractivity contribution >= 4 is 0 Å². The maximum atomic E-state index is 2.35. The third kappa shape index (κ3) is 2.21. The quantitative estimate of drug-likeness (QED) is 0.610. The highest BCUT2D eigenvalue weighted by molar-refractivity contribution is 5.25. The van der Waals surface area contributed by atoms with Gasteiger partial charge in [-0.15, -0.1) is 0 Å². The molecule has 0 N–H and O–H groups in total. The molecule has 0 nitrogen and oxygen atoms in total. The van der Waals surface area contributed by atoms with Gasteiger partial charge in [0.1, 0.15) is 0 Å². The largest absolute Gasteiger partial charge is 0.0916 e. The van der Waals surface area contributed by atoms with Crippen LogP contribution in [0.15, 0.2) is 42.5 Å². The summed E-state index contributed by atoms with van der Waals surface area (Å²) in [6.45, 7) is 4.45. The molecule has 1 aliphatic carbocycles. The fourth-order valence-corrected chi connectivity index (χ4v) is 2.92. The molecule has 0 aliphatic heterocycles. The summed E-state index contributed by atoms with van der Waals surface area (Å²) in [5.74, 6) is 0.755. The van der Waals surface area contributed by atoms with Crippen molar-refractivity contribution in [1.82, 2.24) is 0 Å². The van der Waals surface area contributed by atoms with Gasteiger partial charge in [0.05, 0.1) is 0 Å². The number of allylic oxidation sites excluding steroid dienone is 2. The van der Waals surface area contributed by atoms with Crippen LogP contribution >= 0.6 is 0 Å². The predicted molar refractivity (Wildman–Crippen MR) is 70.6 cm³/mol. The molecule has 1 aromatic rings. The molecular formula is C16H22. The molecule has 0 spiro atoms. The Morgan fingerprint density at radius 3 is 2.44 bits per heavy atom. The Morgan fingerprint density at radius 1 is 1.25 bits per heavy atom. The molecule has 1 unspecified atom stereocenters. The van der Waals surface area contributed by atoms with Crippen molar-refractivity contribution in [1.29, 1.82) is 0 Å². The predicted octanol–water partition coefficient (Wildman–Crippen LogP) is 4.93. The first kappa shape index (κ1) is 11.4. The van der Waals surface area contributed by atoms with E-state index in [1.807, 2.05) is 0 Å². The van der Waals surface area contributed by atoms with Crippen molar-refractivity contribution in [3.05, 3.63) is 48.0 Å². The van der Waals surface area contributed by atoms with E-state index in [-0.39, 0.29) is 0 Å². The zero-order chi connectivity index (χ0) is 11.4. The van der Waals surface area contributed by atoms with E-state index in [4.69, 9.17) is 0 Å². The second-order valence-corrected chi connectivity index (χ2v) is 5.01. The molecule has 0 radical (unpaired) electrons. The molecule has 86 valence electrons. The zero-order valence-electron chi connectivity index (χ0n) is 10.4. The Balaban J connectivity index is 2.17. The van der Waals surface area contributed by atoms with E-state index in [1.54, 1.807) is 0 Å². The van der Waals surface area contributed by atoms with E-state index in [1.165, 1.54) is 31.2 Å². The van der Waals surface area contributed by atoms with Gasteiger partial charge in [0.2, 0.25) is 0 Å². The van der Waals surface area contributed by atoms with Crippen molar-refractivity contribution in [3.63, 3.8) is 0 Å². The van der Waals surface area contributed by atoms with Crippen LogP contribution in [-0.2, 0) is 0 Å². The van der Waals surface area contributed by atoms with Crippen LogP contribution in [0.4, 0.5) is 0 Å². The molecule has 0 aromatic heterocycles. The first-order valence-corrected chi connectivity index (χ1v) is 6.48. The first-order chi connectivity index (χ1) is 7.82. The Bertz CT molecular complexity index is 344. The third-order valence-corrected chi connectivity index (χ3v) is 4.00. The number of hydrogen-bond donors (Lipinski definition) is 0. The second-order valence-electron chi connectivity index (χ2n) is 5.01. The summed E-state index contributed by atoms with van der Waals surface area (Å²) < 4.78 is 0. The van der Waals surface area contributed by atoms with Gasteiger partial charge in [0.25, 0.3) is 0 Å². The minimum Gasteiger partial charge on any atom is -0.0916 e. The van der Waals surface area contributed by atoms with Crippen LogP contribution in [0.3, 0.4) is 0 Å². The van der Waals surface area contributed by atoms with E-state index < -0.39 is 0 Å². The molecule has 0 heteroatoms. The van der Waals surface area contributed by atoms with Crippen molar-refractivity contribution in [2.45, 2.75) is 45.4 Å². The molecule has 16 heavy (non-hydrogen) atoms. The minimum absolute atomic E-state index is 0.586. The van der Waals surface area contributed by atoms with E-state index in [0.29, 0.717) is 5.41 Å². The summed E-state index contributed by atoms with van der Waals surface area (Å²) in [6.07, 6.45) is 9.88.